The van der Waals surface area contributed by atoms with Crippen molar-refractivity contribution in [2.24, 2.45) is 0 Å². The number of morpholine rings is 1. The summed E-state index contributed by atoms with van der Waals surface area (Å²) < 4.78 is 31.6. The molecule has 1 fully saturated rings. The maximum absolute atomic E-state index is 13.2. The average molecular weight is 270 g/mol. The van der Waals surface area contributed by atoms with E-state index >= 15 is 0 Å². The Hall–Kier alpha value is -1.04. The summed E-state index contributed by atoms with van der Waals surface area (Å²) in [5.41, 5.74) is 0.794. The van der Waals surface area contributed by atoms with Gasteiger partial charge in [0.05, 0.1) is 13.2 Å². The molecule has 1 aliphatic heterocycles. The van der Waals surface area contributed by atoms with E-state index in [1.165, 1.54) is 12.1 Å². The molecule has 0 aromatic heterocycles. The lowest BCUT2D eigenvalue weighted by Gasteiger charge is -2.35. The second kappa shape index (κ2) is 6.93. The number of benzene rings is 1. The van der Waals surface area contributed by atoms with Gasteiger partial charge in [-0.15, -0.1) is 0 Å². The summed E-state index contributed by atoms with van der Waals surface area (Å²) in [6, 6.07) is 4.37. The number of hydrogen-bond donors (Lipinski definition) is 1. The normalized spacial score (nSPS) is 20.7. The van der Waals surface area contributed by atoms with E-state index in [0.29, 0.717) is 19.8 Å². The SMILES string of the molecule is CCNCC1COCCN1Cc1ccc(F)c(F)c1. The average Bonchev–Trinajstić information content (AvgIpc) is 2.42. The van der Waals surface area contributed by atoms with Crippen molar-refractivity contribution >= 4 is 0 Å². The molecule has 0 aliphatic carbocycles. The van der Waals surface area contributed by atoms with Gasteiger partial charge in [-0.05, 0) is 24.2 Å². The van der Waals surface area contributed by atoms with Crippen LogP contribution in [-0.4, -0.2) is 43.8 Å². The van der Waals surface area contributed by atoms with Crippen molar-refractivity contribution in [2.75, 3.05) is 32.8 Å². The van der Waals surface area contributed by atoms with Crippen LogP contribution in [0.5, 0.6) is 0 Å². The van der Waals surface area contributed by atoms with Crippen LogP contribution in [0.3, 0.4) is 0 Å². The molecule has 19 heavy (non-hydrogen) atoms. The van der Waals surface area contributed by atoms with Gasteiger partial charge in [0.1, 0.15) is 0 Å². The third-order valence-electron chi connectivity index (χ3n) is 3.35. The molecule has 1 N–H and O–H groups in total. The van der Waals surface area contributed by atoms with Crippen molar-refractivity contribution in [3.63, 3.8) is 0 Å². The van der Waals surface area contributed by atoms with Crippen LogP contribution in [0.1, 0.15) is 12.5 Å². The second-order valence-electron chi connectivity index (χ2n) is 4.76. The van der Waals surface area contributed by atoms with Crippen LogP contribution in [0.25, 0.3) is 0 Å². The van der Waals surface area contributed by atoms with Gasteiger partial charge < -0.3 is 10.1 Å². The first-order valence-electron chi connectivity index (χ1n) is 6.67. The summed E-state index contributed by atoms with van der Waals surface area (Å²) in [5, 5.41) is 3.30. The molecule has 106 valence electrons. The number of hydrogen-bond acceptors (Lipinski definition) is 3. The highest BCUT2D eigenvalue weighted by atomic mass is 19.2. The highest BCUT2D eigenvalue weighted by molar-refractivity contribution is 5.17. The number of ether oxygens (including phenoxy) is 1. The zero-order valence-electron chi connectivity index (χ0n) is 11.2. The van der Waals surface area contributed by atoms with E-state index < -0.39 is 11.6 Å². The minimum Gasteiger partial charge on any atom is -0.378 e. The van der Waals surface area contributed by atoms with Crippen molar-refractivity contribution in [2.45, 2.75) is 19.5 Å². The maximum atomic E-state index is 13.2. The minimum atomic E-state index is -0.796. The Labute approximate surface area is 112 Å². The van der Waals surface area contributed by atoms with Crippen LogP contribution in [-0.2, 0) is 11.3 Å². The van der Waals surface area contributed by atoms with Crippen LogP contribution in [0.2, 0.25) is 0 Å². The Balaban J connectivity index is 1.99. The van der Waals surface area contributed by atoms with Gasteiger partial charge in [-0.25, -0.2) is 8.78 Å². The van der Waals surface area contributed by atoms with Crippen LogP contribution < -0.4 is 5.32 Å². The van der Waals surface area contributed by atoms with Crippen molar-refractivity contribution in [1.82, 2.24) is 10.2 Å². The molecule has 1 aromatic rings. The fourth-order valence-corrected chi connectivity index (χ4v) is 2.27. The fraction of sp³-hybridized carbons (Fsp3) is 0.571. The first kappa shape index (κ1) is 14.4. The van der Waals surface area contributed by atoms with Crippen molar-refractivity contribution in [1.29, 1.82) is 0 Å². The van der Waals surface area contributed by atoms with E-state index in [2.05, 4.69) is 17.1 Å². The molecule has 1 atom stereocenters. The van der Waals surface area contributed by atoms with Gasteiger partial charge in [0.25, 0.3) is 0 Å². The molecule has 1 unspecified atom stereocenters. The van der Waals surface area contributed by atoms with Crippen molar-refractivity contribution in [3.05, 3.63) is 35.4 Å². The summed E-state index contributed by atoms with van der Waals surface area (Å²) in [6.07, 6.45) is 0. The predicted molar refractivity (Wildman–Crippen MR) is 69.9 cm³/mol. The Morgan fingerprint density at radius 3 is 2.95 bits per heavy atom. The molecule has 3 nitrogen and oxygen atoms in total. The van der Waals surface area contributed by atoms with Gasteiger partial charge in [0.15, 0.2) is 11.6 Å². The molecule has 5 heteroatoms. The van der Waals surface area contributed by atoms with E-state index in [1.54, 1.807) is 6.07 Å². The zero-order valence-corrected chi connectivity index (χ0v) is 11.2. The first-order valence-corrected chi connectivity index (χ1v) is 6.67. The lowest BCUT2D eigenvalue weighted by Crippen LogP contribution is -2.49. The third-order valence-corrected chi connectivity index (χ3v) is 3.35. The van der Waals surface area contributed by atoms with Gasteiger partial charge in [-0.1, -0.05) is 13.0 Å². The van der Waals surface area contributed by atoms with Gasteiger partial charge >= 0.3 is 0 Å². The number of halogens is 2. The van der Waals surface area contributed by atoms with Gasteiger partial charge in [-0.2, -0.15) is 0 Å². The topological polar surface area (TPSA) is 24.5 Å². The van der Waals surface area contributed by atoms with Gasteiger partial charge in [0, 0.05) is 25.7 Å². The smallest absolute Gasteiger partial charge is 0.159 e. The molecule has 0 bridgehead atoms. The highest BCUT2D eigenvalue weighted by Gasteiger charge is 2.22. The molecule has 2 rings (SSSR count). The standard InChI is InChI=1S/C14H20F2N2O/c1-2-17-8-12-10-19-6-5-18(12)9-11-3-4-13(15)14(16)7-11/h3-4,7,12,17H,2,5-6,8-10H2,1H3. The van der Waals surface area contributed by atoms with E-state index in [1.807, 2.05) is 0 Å². The molecule has 0 radical (unpaired) electrons. The zero-order chi connectivity index (χ0) is 13.7. The summed E-state index contributed by atoms with van der Waals surface area (Å²) in [6.45, 7) is 6.62. The number of likely N-dealkylation sites (N-methyl/N-ethyl adjacent to an activating group) is 1. The van der Waals surface area contributed by atoms with Gasteiger partial charge in [0.2, 0.25) is 0 Å². The molecular weight excluding hydrogens is 250 g/mol. The second-order valence-corrected chi connectivity index (χ2v) is 4.76. The van der Waals surface area contributed by atoms with Gasteiger partial charge in [-0.3, -0.25) is 4.90 Å². The quantitative estimate of drug-likeness (QED) is 0.882. The predicted octanol–water partition coefficient (Wildman–Crippen LogP) is 1.78. The molecule has 0 spiro atoms. The van der Waals surface area contributed by atoms with Crippen molar-refractivity contribution < 1.29 is 13.5 Å². The van der Waals surface area contributed by atoms with Crippen LogP contribution in [0.4, 0.5) is 8.78 Å². The Bertz CT molecular complexity index is 414. The lowest BCUT2D eigenvalue weighted by atomic mass is 10.1. The molecule has 0 saturated carbocycles. The monoisotopic (exact) mass is 270 g/mol. The first-order chi connectivity index (χ1) is 9.20. The van der Waals surface area contributed by atoms with E-state index in [0.717, 1.165) is 25.2 Å². The summed E-state index contributed by atoms with van der Waals surface area (Å²) >= 11 is 0. The van der Waals surface area contributed by atoms with E-state index in [4.69, 9.17) is 4.74 Å². The number of rotatable bonds is 5. The molecule has 0 amide bonds. The highest BCUT2D eigenvalue weighted by Crippen LogP contribution is 2.14. The van der Waals surface area contributed by atoms with Crippen LogP contribution in [0.15, 0.2) is 18.2 Å². The summed E-state index contributed by atoms with van der Waals surface area (Å²) in [4.78, 5) is 2.25. The summed E-state index contributed by atoms with van der Waals surface area (Å²) in [5.74, 6) is -1.58. The number of nitrogens with zero attached hydrogens (tertiary/aromatic N) is 1. The lowest BCUT2D eigenvalue weighted by molar-refractivity contribution is -0.0108. The molecule has 1 aliphatic rings. The molecule has 1 saturated heterocycles. The largest absolute Gasteiger partial charge is 0.378 e. The van der Waals surface area contributed by atoms with Crippen LogP contribution in [0, 0.1) is 11.6 Å². The van der Waals surface area contributed by atoms with E-state index in [-0.39, 0.29) is 6.04 Å². The van der Waals surface area contributed by atoms with E-state index in [9.17, 15) is 8.78 Å². The Kier molecular flexibility index (Phi) is 5.24. The summed E-state index contributed by atoms with van der Waals surface area (Å²) in [7, 11) is 0. The van der Waals surface area contributed by atoms with Crippen LogP contribution >= 0.6 is 0 Å². The molecule has 1 aromatic carbocycles. The fourth-order valence-electron chi connectivity index (χ4n) is 2.27. The number of nitrogens with one attached hydrogen (secondary N) is 1. The Morgan fingerprint density at radius 1 is 1.37 bits per heavy atom. The molecule has 1 heterocycles. The third kappa shape index (κ3) is 3.96. The minimum absolute atomic E-state index is 0.279. The Morgan fingerprint density at radius 2 is 2.21 bits per heavy atom. The molecular formula is C14H20F2N2O. The maximum Gasteiger partial charge on any atom is 0.159 e. The van der Waals surface area contributed by atoms with Crippen molar-refractivity contribution in [3.8, 4) is 0 Å².